The summed E-state index contributed by atoms with van der Waals surface area (Å²) in [6, 6.07) is 8.32. The van der Waals surface area contributed by atoms with Crippen LogP contribution in [0.2, 0.25) is 0 Å². The zero-order valence-electron chi connectivity index (χ0n) is 18.5. The Balaban J connectivity index is 1.46. The summed E-state index contributed by atoms with van der Waals surface area (Å²) in [6.07, 6.45) is 7.54. The number of rotatable bonds is 6. The maximum Gasteiger partial charge on any atom is 0.223 e. The monoisotopic (exact) mass is 410 g/mol. The van der Waals surface area contributed by atoms with Crippen molar-refractivity contribution in [2.45, 2.75) is 57.6 Å². The van der Waals surface area contributed by atoms with Crippen LogP contribution in [0.4, 0.5) is 0 Å². The summed E-state index contributed by atoms with van der Waals surface area (Å²) in [7, 11) is 1.96. The average Bonchev–Trinajstić information content (AvgIpc) is 3.15. The van der Waals surface area contributed by atoms with Crippen LogP contribution in [0.15, 0.2) is 36.7 Å². The highest BCUT2D eigenvalue weighted by atomic mass is 16.5. The number of aryl methyl sites for hydroxylation is 1. The van der Waals surface area contributed by atoms with Crippen LogP contribution in [-0.2, 0) is 18.4 Å². The van der Waals surface area contributed by atoms with Crippen LogP contribution in [0, 0.1) is 0 Å². The zero-order valence-corrected chi connectivity index (χ0v) is 18.5. The first kappa shape index (κ1) is 20.9. The number of piperidine rings is 1. The number of likely N-dealkylation sites (tertiary alicyclic amines) is 1. The molecule has 6 heteroatoms. The van der Waals surface area contributed by atoms with Crippen LogP contribution in [0.25, 0.3) is 0 Å². The molecule has 1 atom stereocenters. The van der Waals surface area contributed by atoms with E-state index in [0.29, 0.717) is 6.42 Å². The highest BCUT2D eigenvalue weighted by Crippen LogP contribution is 2.46. The van der Waals surface area contributed by atoms with Crippen molar-refractivity contribution in [1.29, 1.82) is 0 Å². The minimum Gasteiger partial charge on any atom is -0.487 e. The van der Waals surface area contributed by atoms with Crippen LogP contribution in [0.1, 0.15) is 56.6 Å². The van der Waals surface area contributed by atoms with Crippen LogP contribution >= 0.6 is 0 Å². The van der Waals surface area contributed by atoms with Gasteiger partial charge >= 0.3 is 0 Å². The lowest BCUT2D eigenvalue weighted by atomic mass is 9.76. The summed E-state index contributed by atoms with van der Waals surface area (Å²) in [6.45, 7) is 8.60. The first-order valence-corrected chi connectivity index (χ1v) is 11.3. The maximum atomic E-state index is 12.9. The second-order valence-corrected chi connectivity index (χ2v) is 8.79. The number of ether oxygens (including phenoxy) is 1. The van der Waals surface area contributed by atoms with E-state index in [2.05, 4.69) is 48.2 Å². The lowest BCUT2D eigenvalue weighted by Gasteiger charge is -2.47. The minimum absolute atomic E-state index is 0.159. The Hall–Kier alpha value is -2.34. The van der Waals surface area contributed by atoms with Gasteiger partial charge in [0.2, 0.25) is 5.91 Å². The van der Waals surface area contributed by atoms with Crippen molar-refractivity contribution in [3.05, 3.63) is 47.8 Å². The third-order valence-electron chi connectivity index (χ3n) is 6.77. The highest BCUT2D eigenvalue weighted by molar-refractivity contribution is 5.77. The van der Waals surface area contributed by atoms with Gasteiger partial charge in [-0.1, -0.05) is 18.2 Å². The average molecular weight is 411 g/mol. The molecule has 6 nitrogen and oxygen atoms in total. The SMILES string of the molecule is CCN(CC)C(=O)CC1CC2(CCN(Cc3cnn(C)c3)CC2)Oc2ccccc21. The van der Waals surface area contributed by atoms with E-state index in [1.54, 1.807) is 0 Å². The molecular weight excluding hydrogens is 376 g/mol. The molecular formula is C24H34N4O2. The quantitative estimate of drug-likeness (QED) is 0.730. The molecule has 0 saturated carbocycles. The third kappa shape index (κ3) is 4.38. The normalized spacial score (nSPS) is 20.6. The molecule has 1 saturated heterocycles. The molecule has 2 aliphatic rings. The summed E-state index contributed by atoms with van der Waals surface area (Å²) < 4.78 is 8.48. The molecule has 1 aromatic heterocycles. The van der Waals surface area contributed by atoms with Gasteiger partial charge in [-0.05, 0) is 44.7 Å². The van der Waals surface area contributed by atoms with E-state index < -0.39 is 0 Å². The van der Waals surface area contributed by atoms with Gasteiger partial charge in [-0.25, -0.2) is 0 Å². The van der Waals surface area contributed by atoms with Gasteiger partial charge in [0, 0.05) is 63.9 Å². The van der Waals surface area contributed by atoms with Gasteiger partial charge in [0.1, 0.15) is 11.4 Å². The second-order valence-electron chi connectivity index (χ2n) is 8.79. The van der Waals surface area contributed by atoms with Crippen molar-refractivity contribution < 1.29 is 9.53 Å². The summed E-state index contributed by atoms with van der Waals surface area (Å²) in [5, 5.41) is 4.29. The lowest BCUT2D eigenvalue weighted by Crippen LogP contribution is -2.50. The van der Waals surface area contributed by atoms with Crippen LogP contribution in [0.3, 0.4) is 0 Å². The fraction of sp³-hybridized carbons (Fsp3) is 0.583. The molecule has 162 valence electrons. The number of benzene rings is 1. The van der Waals surface area contributed by atoms with Gasteiger partial charge in [-0.3, -0.25) is 14.4 Å². The molecule has 3 heterocycles. The van der Waals surface area contributed by atoms with Crippen LogP contribution in [0.5, 0.6) is 5.75 Å². The number of carbonyl (C=O) groups is 1. The standard InChI is InChI=1S/C24H34N4O2/c1-4-28(5-2)23(29)14-20-15-24(30-22-9-7-6-8-21(20)22)10-12-27(13-11-24)18-19-16-25-26(3)17-19/h6-9,16-17,20H,4-5,10-15,18H2,1-3H3. The molecule has 0 bridgehead atoms. The minimum atomic E-state index is -0.159. The Morgan fingerprint density at radius 2 is 1.97 bits per heavy atom. The van der Waals surface area contributed by atoms with Crippen molar-refractivity contribution in [3.8, 4) is 5.75 Å². The summed E-state index contributed by atoms with van der Waals surface area (Å²) in [4.78, 5) is 17.3. The Kier molecular flexibility index (Phi) is 6.14. The van der Waals surface area contributed by atoms with Gasteiger partial charge in [0.05, 0.1) is 6.20 Å². The number of aromatic nitrogens is 2. The number of nitrogens with zero attached hydrogens (tertiary/aromatic N) is 4. The van der Waals surface area contributed by atoms with E-state index in [-0.39, 0.29) is 17.4 Å². The molecule has 0 N–H and O–H groups in total. The fourth-order valence-electron chi connectivity index (χ4n) is 5.08. The molecule has 30 heavy (non-hydrogen) atoms. The smallest absolute Gasteiger partial charge is 0.223 e. The van der Waals surface area contributed by atoms with Crippen LogP contribution < -0.4 is 4.74 Å². The zero-order chi connectivity index (χ0) is 21.1. The van der Waals surface area contributed by atoms with E-state index in [1.165, 1.54) is 11.1 Å². The van der Waals surface area contributed by atoms with E-state index in [9.17, 15) is 4.79 Å². The molecule has 0 radical (unpaired) electrons. The molecule has 1 aromatic carbocycles. The Bertz CT molecular complexity index is 866. The molecule has 1 fully saturated rings. The Labute approximate surface area is 179 Å². The van der Waals surface area contributed by atoms with Gasteiger partial charge in [-0.2, -0.15) is 5.10 Å². The van der Waals surface area contributed by atoms with Gasteiger partial charge < -0.3 is 9.64 Å². The fourth-order valence-corrected chi connectivity index (χ4v) is 5.08. The first-order valence-electron chi connectivity index (χ1n) is 11.3. The van der Waals surface area contributed by atoms with Crippen LogP contribution in [-0.4, -0.2) is 57.3 Å². The molecule has 2 aromatic rings. The van der Waals surface area contributed by atoms with E-state index in [0.717, 1.165) is 57.7 Å². The Morgan fingerprint density at radius 3 is 2.63 bits per heavy atom. The summed E-state index contributed by atoms with van der Waals surface area (Å²) >= 11 is 0. The molecule has 0 aliphatic carbocycles. The number of carbonyl (C=O) groups excluding carboxylic acids is 1. The van der Waals surface area contributed by atoms with Gasteiger partial charge in [0.25, 0.3) is 0 Å². The third-order valence-corrected chi connectivity index (χ3v) is 6.77. The predicted octanol–water partition coefficient (Wildman–Crippen LogP) is 3.58. The number of hydrogen-bond donors (Lipinski definition) is 0. The highest BCUT2D eigenvalue weighted by Gasteiger charge is 2.43. The van der Waals surface area contributed by atoms with E-state index in [4.69, 9.17) is 4.74 Å². The molecule has 1 amide bonds. The van der Waals surface area contributed by atoms with E-state index in [1.807, 2.05) is 28.9 Å². The number of hydrogen-bond acceptors (Lipinski definition) is 4. The predicted molar refractivity (Wildman–Crippen MR) is 117 cm³/mol. The van der Waals surface area contributed by atoms with E-state index >= 15 is 0 Å². The topological polar surface area (TPSA) is 50.6 Å². The Morgan fingerprint density at radius 1 is 1.23 bits per heavy atom. The van der Waals surface area contributed by atoms with Crippen molar-refractivity contribution >= 4 is 5.91 Å². The van der Waals surface area contributed by atoms with Gasteiger partial charge in [-0.15, -0.1) is 0 Å². The van der Waals surface area contributed by atoms with Crippen molar-refractivity contribution in [2.75, 3.05) is 26.2 Å². The maximum absolute atomic E-state index is 12.9. The molecule has 1 unspecified atom stereocenters. The van der Waals surface area contributed by atoms with Gasteiger partial charge in [0.15, 0.2) is 0 Å². The summed E-state index contributed by atoms with van der Waals surface area (Å²) in [5.74, 6) is 1.46. The number of para-hydroxylation sites is 1. The number of amides is 1. The molecule has 1 spiro atoms. The first-order chi connectivity index (χ1) is 14.5. The largest absolute Gasteiger partial charge is 0.487 e. The van der Waals surface area contributed by atoms with Crippen molar-refractivity contribution in [3.63, 3.8) is 0 Å². The van der Waals surface area contributed by atoms with Crippen molar-refractivity contribution in [1.82, 2.24) is 19.6 Å². The second kappa shape index (κ2) is 8.80. The van der Waals surface area contributed by atoms with Crippen molar-refractivity contribution in [2.24, 2.45) is 7.05 Å². The molecule has 2 aliphatic heterocycles. The number of fused-ring (bicyclic) bond motifs is 1. The lowest BCUT2D eigenvalue weighted by molar-refractivity contribution is -0.131. The molecule has 4 rings (SSSR count). The summed E-state index contributed by atoms with van der Waals surface area (Å²) in [5.41, 5.74) is 2.29.